The zero-order valence-electron chi connectivity index (χ0n) is 11.9. The van der Waals surface area contributed by atoms with E-state index >= 15 is 0 Å². The van der Waals surface area contributed by atoms with Crippen molar-refractivity contribution in [2.24, 2.45) is 10.9 Å². The molecule has 5 N–H and O–H groups in total. The molecule has 6 nitrogen and oxygen atoms in total. The van der Waals surface area contributed by atoms with Crippen LogP contribution >= 0.6 is 0 Å². The molecule has 0 radical (unpaired) electrons. The van der Waals surface area contributed by atoms with Gasteiger partial charge in [-0.05, 0) is 34.1 Å². The molecule has 0 aromatic carbocycles. The maximum absolute atomic E-state index is 11.9. The van der Waals surface area contributed by atoms with Gasteiger partial charge in [-0.15, -0.1) is 0 Å². The van der Waals surface area contributed by atoms with Crippen molar-refractivity contribution in [1.82, 2.24) is 10.6 Å². The van der Waals surface area contributed by atoms with Crippen molar-refractivity contribution in [2.75, 3.05) is 0 Å². The molecule has 0 saturated carbocycles. The third-order valence-corrected chi connectivity index (χ3v) is 2.45. The summed E-state index contributed by atoms with van der Waals surface area (Å²) in [5.74, 6) is 0.109. The molecular weight excluding hydrogens is 232 g/mol. The van der Waals surface area contributed by atoms with E-state index in [0.29, 0.717) is 6.42 Å². The third kappa shape index (κ3) is 7.11. The number of nitrogens with two attached hydrogens (primary N) is 1. The van der Waals surface area contributed by atoms with Crippen LogP contribution in [0.25, 0.3) is 0 Å². The average Bonchev–Trinajstić information content (AvgIpc) is 2.25. The Labute approximate surface area is 109 Å². The van der Waals surface area contributed by atoms with Gasteiger partial charge in [0.2, 0.25) is 5.91 Å². The Morgan fingerprint density at radius 1 is 1.44 bits per heavy atom. The lowest BCUT2D eigenvalue weighted by Crippen LogP contribution is -2.52. The minimum absolute atomic E-state index is 0.0154. The van der Waals surface area contributed by atoms with Crippen LogP contribution in [-0.2, 0) is 4.79 Å². The molecule has 0 aliphatic carbocycles. The molecule has 0 aliphatic heterocycles. The minimum atomic E-state index is -0.319. The molecular formula is C12H26N4O2. The van der Waals surface area contributed by atoms with Crippen LogP contribution in [-0.4, -0.2) is 34.6 Å². The van der Waals surface area contributed by atoms with Gasteiger partial charge in [0.15, 0.2) is 0 Å². The summed E-state index contributed by atoms with van der Waals surface area (Å²) in [6, 6.07) is -0.303. The topological polar surface area (TPSA) is 99.7 Å². The van der Waals surface area contributed by atoms with Gasteiger partial charge >= 0.3 is 0 Å². The van der Waals surface area contributed by atoms with Crippen LogP contribution in [0.5, 0.6) is 0 Å². The first kappa shape index (κ1) is 16.7. The Morgan fingerprint density at radius 3 is 2.39 bits per heavy atom. The van der Waals surface area contributed by atoms with E-state index in [1.807, 2.05) is 27.7 Å². The van der Waals surface area contributed by atoms with E-state index < -0.39 is 0 Å². The Kier molecular flexibility index (Phi) is 6.68. The van der Waals surface area contributed by atoms with Crippen LogP contribution < -0.4 is 16.4 Å². The average molecular weight is 258 g/mol. The normalized spacial score (nSPS) is 16.2. The monoisotopic (exact) mass is 258 g/mol. The smallest absolute Gasteiger partial charge is 0.237 e. The number of hydrogen-bond acceptors (Lipinski definition) is 4. The molecule has 106 valence electrons. The van der Waals surface area contributed by atoms with E-state index in [0.717, 1.165) is 6.42 Å². The first-order valence-corrected chi connectivity index (χ1v) is 6.24. The highest BCUT2D eigenvalue weighted by atomic mass is 16.4. The van der Waals surface area contributed by atoms with Gasteiger partial charge in [-0.1, -0.05) is 12.1 Å². The lowest BCUT2D eigenvalue weighted by Gasteiger charge is -2.26. The summed E-state index contributed by atoms with van der Waals surface area (Å²) in [5, 5.41) is 17.5. The van der Waals surface area contributed by atoms with Gasteiger partial charge in [-0.2, -0.15) is 0 Å². The summed E-state index contributed by atoms with van der Waals surface area (Å²) in [7, 11) is 0. The molecule has 0 spiro atoms. The van der Waals surface area contributed by atoms with Crippen LogP contribution in [0.4, 0.5) is 0 Å². The molecule has 0 aliphatic rings. The molecule has 18 heavy (non-hydrogen) atoms. The summed E-state index contributed by atoms with van der Waals surface area (Å²) in [6.07, 6.45) is 1.21. The molecule has 6 heteroatoms. The first-order chi connectivity index (χ1) is 8.19. The van der Waals surface area contributed by atoms with Crippen molar-refractivity contribution >= 4 is 11.7 Å². The lowest BCUT2D eigenvalue weighted by atomic mass is 10.1. The fraction of sp³-hybridized carbons (Fsp3) is 0.833. The van der Waals surface area contributed by atoms with Gasteiger partial charge < -0.3 is 21.6 Å². The van der Waals surface area contributed by atoms with E-state index in [1.165, 1.54) is 0 Å². The summed E-state index contributed by atoms with van der Waals surface area (Å²) in [5.41, 5.74) is 5.21. The maximum Gasteiger partial charge on any atom is 0.237 e. The van der Waals surface area contributed by atoms with Crippen molar-refractivity contribution in [3.8, 4) is 0 Å². The van der Waals surface area contributed by atoms with E-state index in [-0.39, 0.29) is 29.4 Å². The Balaban J connectivity index is 4.34. The number of rotatable bonds is 6. The second kappa shape index (κ2) is 7.20. The van der Waals surface area contributed by atoms with Gasteiger partial charge in [0.1, 0.15) is 5.84 Å². The van der Waals surface area contributed by atoms with E-state index in [9.17, 15) is 4.79 Å². The molecule has 2 atom stereocenters. The van der Waals surface area contributed by atoms with Crippen LogP contribution in [0.3, 0.4) is 0 Å². The molecule has 0 aromatic rings. The van der Waals surface area contributed by atoms with Gasteiger partial charge in [0, 0.05) is 18.0 Å². The fourth-order valence-corrected chi connectivity index (χ4v) is 1.52. The van der Waals surface area contributed by atoms with Crippen molar-refractivity contribution in [3.63, 3.8) is 0 Å². The summed E-state index contributed by atoms with van der Waals surface area (Å²) >= 11 is 0. The number of hydrogen-bond donors (Lipinski definition) is 4. The van der Waals surface area contributed by atoms with Gasteiger partial charge in [-0.25, -0.2) is 0 Å². The molecule has 0 saturated heterocycles. The standard InChI is InChI=1S/C12H26N4O2/c1-6-9(7-10(13)16-18)14-8(2)11(17)15-12(3,4)5/h8-9,14,18H,6-7H2,1-5H3,(H2,13,16)(H,15,17). The van der Waals surface area contributed by atoms with Crippen molar-refractivity contribution in [1.29, 1.82) is 0 Å². The van der Waals surface area contributed by atoms with Crippen LogP contribution in [0.15, 0.2) is 5.16 Å². The molecule has 0 rings (SSSR count). The molecule has 2 unspecified atom stereocenters. The largest absolute Gasteiger partial charge is 0.409 e. The number of carbonyl (C=O) groups excluding carboxylic acids is 1. The minimum Gasteiger partial charge on any atom is -0.409 e. The fourth-order valence-electron chi connectivity index (χ4n) is 1.52. The third-order valence-electron chi connectivity index (χ3n) is 2.45. The van der Waals surface area contributed by atoms with Crippen molar-refractivity contribution < 1.29 is 10.0 Å². The van der Waals surface area contributed by atoms with Gasteiger partial charge in [-0.3, -0.25) is 4.79 Å². The molecule has 0 heterocycles. The zero-order chi connectivity index (χ0) is 14.3. The molecule has 1 amide bonds. The Bertz CT molecular complexity index is 297. The highest BCUT2D eigenvalue weighted by Crippen LogP contribution is 2.03. The van der Waals surface area contributed by atoms with Crippen LogP contribution in [0, 0.1) is 0 Å². The number of carbonyl (C=O) groups is 1. The predicted octanol–water partition coefficient (Wildman–Crippen LogP) is 0.794. The lowest BCUT2D eigenvalue weighted by molar-refractivity contribution is -0.124. The van der Waals surface area contributed by atoms with Crippen molar-refractivity contribution in [3.05, 3.63) is 0 Å². The molecule has 0 aromatic heterocycles. The van der Waals surface area contributed by atoms with E-state index in [2.05, 4.69) is 15.8 Å². The molecule has 0 fully saturated rings. The number of nitrogens with one attached hydrogen (secondary N) is 2. The second-order valence-electron chi connectivity index (χ2n) is 5.53. The summed E-state index contributed by atoms with van der Waals surface area (Å²) in [4.78, 5) is 11.9. The SMILES string of the molecule is CCC(CC(N)=NO)NC(C)C(=O)NC(C)(C)C. The number of nitrogens with zero attached hydrogens (tertiary/aromatic N) is 1. The number of oxime groups is 1. The molecule has 0 bridgehead atoms. The first-order valence-electron chi connectivity index (χ1n) is 6.24. The summed E-state index contributed by atoms with van der Waals surface area (Å²) < 4.78 is 0. The van der Waals surface area contributed by atoms with Gasteiger partial charge in [0.25, 0.3) is 0 Å². The van der Waals surface area contributed by atoms with Gasteiger partial charge in [0.05, 0.1) is 6.04 Å². The number of amidine groups is 1. The summed E-state index contributed by atoms with van der Waals surface area (Å²) in [6.45, 7) is 9.59. The quantitative estimate of drug-likeness (QED) is 0.245. The highest BCUT2D eigenvalue weighted by molar-refractivity contribution is 5.82. The second-order valence-corrected chi connectivity index (χ2v) is 5.53. The van der Waals surface area contributed by atoms with E-state index in [4.69, 9.17) is 10.9 Å². The predicted molar refractivity (Wildman–Crippen MR) is 72.6 cm³/mol. The maximum atomic E-state index is 11.9. The van der Waals surface area contributed by atoms with Crippen molar-refractivity contribution in [2.45, 2.75) is 65.1 Å². The Morgan fingerprint density at radius 2 is 2.00 bits per heavy atom. The number of amides is 1. The Hall–Kier alpha value is -1.30. The zero-order valence-corrected chi connectivity index (χ0v) is 11.9. The van der Waals surface area contributed by atoms with E-state index in [1.54, 1.807) is 6.92 Å². The van der Waals surface area contributed by atoms with Crippen LogP contribution in [0.1, 0.15) is 47.5 Å². The van der Waals surface area contributed by atoms with Crippen LogP contribution in [0.2, 0.25) is 0 Å². The highest BCUT2D eigenvalue weighted by Gasteiger charge is 2.21.